The van der Waals surface area contributed by atoms with Gasteiger partial charge in [0, 0.05) is 25.8 Å². The van der Waals surface area contributed by atoms with Gasteiger partial charge in [-0.25, -0.2) is 8.42 Å². The number of ether oxygens (including phenoxy) is 4. The summed E-state index contributed by atoms with van der Waals surface area (Å²) in [5.74, 6) is 0.884. The van der Waals surface area contributed by atoms with Crippen molar-refractivity contribution in [1.82, 2.24) is 9.88 Å². The highest BCUT2D eigenvalue weighted by molar-refractivity contribution is 7.89. The lowest BCUT2D eigenvalue weighted by molar-refractivity contribution is 0.143. The summed E-state index contributed by atoms with van der Waals surface area (Å²) < 4.78 is 56.9. The second kappa shape index (κ2) is 11.0. The minimum absolute atomic E-state index is 0.0306. The minimum Gasteiger partial charge on any atom is -0.504 e. The Morgan fingerprint density at radius 3 is 2.39 bits per heavy atom. The third-order valence-corrected chi connectivity index (χ3v) is 9.60. The lowest BCUT2D eigenvalue weighted by Crippen LogP contribution is -2.29. The largest absolute Gasteiger partial charge is 0.504 e. The lowest BCUT2D eigenvalue weighted by Gasteiger charge is -2.19. The van der Waals surface area contributed by atoms with E-state index in [4.69, 9.17) is 23.5 Å². The van der Waals surface area contributed by atoms with E-state index in [9.17, 15) is 13.5 Å². The molecule has 0 saturated carbocycles. The van der Waals surface area contributed by atoms with Gasteiger partial charge in [0.25, 0.3) is 0 Å². The normalized spacial score (nSPS) is 13.1. The van der Waals surface area contributed by atoms with Crippen LogP contribution < -0.4 is 18.9 Å². The number of sulfonamides is 1. The van der Waals surface area contributed by atoms with E-state index in [0.29, 0.717) is 47.8 Å². The van der Waals surface area contributed by atoms with Crippen molar-refractivity contribution in [1.29, 1.82) is 0 Å². The molecule has 206 valence electrons. The first kappa shape index (κ1) is 28.0. The number of fused-ring (bicyclic) bond motifs is 3. The second-order valence-corrected chi connectivity index (χ2v) is 17.5. The number of hydrogen-bond acceptors (Lipinski definition) is 9. The third kappa shape index (κ3) is 5.39. The Bertz CT molecular complexity index is 1430. The van der Waals surface area contributed by atoms with Crippen molar-refractivity contribution < 1.29 is 37.0 Å². The fraction of sp³-hybridized carbons (Fsp3) is 0.423. The molecule has 3 aromatic rings. The van der Waals surface area contributed by atoms with E-state index in [0.717, 1.165) is 17.2 Å². The summed E-state index contributed by atoms with van der Waals surface area (Å²) in [7, 11) is -1.14. The molecule has 2 N–H and O–H groups in total. The predicted octanol–water partition coefficient (Wildman–Crippen LogP) is 4.43. The van der Waals surface area contributed by atoms with Crippen LogP contribution in [-0.2, 0) is 27.6 Å². The Labute approximate surface area is 223 Å². The summed E-state index contributed by atoms with van der Waals surface area (Å²) in [4.78, 5) is -0.161. The molecule has 2 aromatic carbocycles. The van der Waals surface area contributed by atoms with Gasteiger partial charge in [-0.2, -0.15) is 4.72 Å². The van der Waals surface area contributed by atoms with Crippen LogP contribution in [0.3, 0.4) is 0 Å². The topological polar surface area (TPSA) is 129 Å². The van der Waals surface area contributed by atoms with Crippen LogP contribution in [0.25, 0.3) is 22.6 Å². The van der Waals surface area contributed by atoms with E-state index in [-0.39, 0.29) is 28.9 Å². The molecule has 0 amide bonds. The third-order valence-electron chi connectivity index (χ3n) is 6.48. The molecule has 1 aromatic heterocycles. The quantitative estimate of drug-likeness (QED) is 0.198. The van der Waals surface area contributed by atoms with Gasteiger partial charge in [-0.15, -0.1) is 0 Å². The summed E-state index contributed by atoms with van der Waals surface area (Å²) in [5.41, 5.74) is 3.00. The molecule has 0 saturated heterocycles. The monoisotopic (exact) mass is 562 g/mol. The first-order valence-electron chi connectivity index (χ1n) is 12.2. The van der Waals surface area contributed by atoms with Gasteiger partial charge < -0.3 is 28.6 Å². The zero-order chi connectivity index (χ0) is 27.7. The van der Waals surface area contributed by atoms with E-state index in [1.807, 2.05) is 6.07 Å². The molecule has 10 nitrogen and oxygen atoms in total. The highest BCUT2D eigenvalue weighted by Gasteiger charge is 2.33. The van der Waals surface area contributed by atoms with Crippen molar-refractivity contribution in [3.63, 3.8) is 0 Å². The molecular formula is C26H34N2O8SSi. The fourth-order valence-electron chi connectivity index (χ4n) is 4.44. The summed E-state index contributed by atoms with van der Waals surface area (Å²) >= 11 is 0. The number of benzene rings is 2. The number of rotatable bonds is 11. The smallest absolute Gasteiger partial charge is 0.249 e. The van der Waals surface area contributed by atoms with Gasteiger partial charge in [-0.1, -0.05) is 30.9 Å². The molecule has 0 bridgehead atoms. The number of nitrogens with one attached hydrogen (secondary N) is 1. The number of aromatic nitrogens is 1. The Hall–Kier alpha value is -3.06. The van der Waals surface area contributed by atoms with E-state index in [1.54, 1.807) is 18.2 Å². The summed E-state index contributed by atoms with van der Waals surface area (Å²) in [6, 6.07) is 7.74. The first-order chi connectivity index (χ1) is 18.0. The summed E-state index contributed by atoms with van der Waals surface area (Å²) in [5, 5.41) is 15.1. The van der Waals surface area contributed by atoms with Crippen LogP contribution in [0.15, 0.2) is 33.7 Å². The van der Waals surface area contributed by atoms with E-state index < -0.39 is 18.1 Å². The van der Waals surface area contributed by atoms with Gasteiger partial charge >= 0.3 is 0 Å². The van der Waals surface area contributed by atoms with Gasteiger partial charge in [-0.05, 0) is 42.6 Å². The highest BCUT2D eigenvalue weighted by atomic mass is 32.2. The molecule has 0 unspecified atom stereocenters. The molecule has 0 radical (unpaired) electrons. The van der Waals surface area contributed by atoms with Gasteiger partial charge in [-0.3, -0.25) is 0 Å². The standard InChI is InChI=1S/C26H34N2O8SSi/c1-32-19-11-8-16-7-9-17-22(28-36-24(17)21(16)23(19)29)18-10-12-20(33-2)26(25(18)34-3)37(30,31)27-15-35-13-14-38(4,5)6/h8,10-12,27,29H,7,9,13-15H2,1-6H3. The molecule has 1 heterocycles. The molecule has 12 heteroatoms. The molecule has 0 atom stereocenters. The van der Waals surface area contributed by atoms with Gasteiger partial charge in [0.1, 0.15) is 18.2 Å². The van der Waals surface area contributed by atoms with Crippen molar-refractivity contribution >= 4 is 18.1 Å². The molecule has 0 spiro atoms. The van der Waals surface area contributed by atoms with Crippen LogP contribution in [0, 0.1) is 0 Å². The van der Waals surface area contributed by atoms with E-state index >= 15 is 0 Å². The number of nitrogens with zero attached hydrogens (tertiary/aromatic N) is 1. The number of methoxy groups -OCH3 is 3. The zero-order valence-corrected chi connectivity index (χ0v) is 24.3. The minimum atomic E-state index is -4.09. The van der Waals surface area contributed by atoms with Crippen molar-refractivity contribution in [2.45, 2.75) is 43.4 Å². The maximum absolute atomic E-state index is 13.4. The number of phenolic OH excluding ortho intramolecular Hbond substituents is 1. The van der Waals surface area contributed by atoms with E-state index in [1.165, 1.54) is 21.3 Å². The van der Waals surface area contributed by atoms with Gasteiger partial charge in [0.2, 0.25) is 10.0 Å². The number of aryl methyl sites for hydroxylation is 1. The van der Waals surface area contributed by atoms with Gasteiger partial charge in [0.05, 0.1) is 26.9 Å². The predicted molar refractivity (Wildman–Crippen MR) is 145 cm³/mol. The Balaban J connectivity index is 1.73. The Morgan fingerprint density at radius 2 is 1.74 bits per heavy atom. The van der Waals surface area contributed by atoms with Crippen LogP contribution in [0.2, 0.25) is 25.7 Å². The van der Waals surface area contributed by atoms with Crippen LogP contribution in [0.5, 0.6) is 23.0 Å². The van der Waals surface area contributed by atoms with Crippen molar-refractivity contribution in [2.75, 3.05) is 34.7 Å². The van der Waals surface area contributed by atoms with E-state index in [2.05, 4.69) is 29.5 Å². The SMILES string of the molecule is COc1ccc2c(c1O)-c1onc(-c3ccc(OC)c(S(=O)(=O)NCOCC[Si](C)(C)C)c3OC)c1CC2. The maximum Gasteiger partial charge on any atom is 0.249 e. The molecule has 1 aliphatic carbocycles. The Morgan fingerprint density at radius 1 is 1.03 bits per heavy atom. The molecule has 0 aliphatic heterocycles. The van der Waals surface area contributed by atoms with Crippen LogP contribution >= 0.6 is 0 Å². The second-order valence-electron chi connectivity index (χ2n) is 10.2. The molecule has 38 heavy (non-hydrogen) atoms. The fourth-order valence-corrected chi connectivity index (χ4v) is 6.43. The highest BCUT2D eigenvalue weighted by Crippen LogP contribution is 2.49. The Kier molecular flexibility index (Phi) is 8.07. The average molecular weight is 563 g/mol. The molecule has 1 aliphatic rings. The maximum atomic E-state index is 13.4. The van der Waals surface area contributed by atoms with Crippen LogP contribution in [-0.4, -0.2) is 61.4 Å². The first-order valence-corrected chi connectivity index (χ1v) is 17.4. The average Bonchev–Trinajstić information content (AvgIpc) is 3.30. The van der Waals surface area contributed by atoms with Crippen molar-refractivity contribution in [3.05, 3.63) is 35.4 Å². The zero-order valence-electron chi connectivity index (χ0n) is 22.5. The number of phenols is 1. The molecule has 0 fully saturated rings. The summed E-state index contributed by atoms with van der Waals surface area (Å²) in [6.45, 7) is 6.96. The summed E-state index contributed by atoms with van der Waals surface area (Å²) in [6.07, 6.45) is 1.21. The number of hydrogen-bond donors (Lipinski definition) is 2. The molecule has 4 rings (SSSR count). The van der Waals surface area contributed by atoms with Crippen molar-refractivity contribution in [2.24, 2.45) is 0 Å². The lowest BCUT2D eigenvalue weighted by atomic mass is 9.87. The van der Waals surface area contributed by atoms with Crippen LogP contribution in [0.4, 0.5) is 0 Å². The van der Waals surface area contributed by atoms with Crippen LogP contribution in [0.1, 0.15) is 11.1 Å². The van der Waals surface area contributed by atoms with Gasteiger partial charge in [0.15, 0.2) is 27.9 Å². The van der Waals surface area contributed by atoms with Crippen molar-refractivity contribution in [3.8, 4) is 45.6 Å². The molecular weight excluding hydrogens is 528 g/mol. The number of aromatic hydroxyl groups is 1.